The molecule has 72 valence electrons. The number of nitrogens with zero attached hydrogens (tertiary/aromatic N) is 3. The second kappa shape index (κ2) is 2.51. The van der Waals surface area contributed by atoms with Gasteiger partial charge in [-0.15, -0.1) is 5.10 Å². The molecule has 3 atom stereocenters. The standard InChI is InChI=1S/C8H13FN4/c1-8(3-6(8)9)7(10)5-4-11-12-13(5)2/h4,6-7H,3,10H2,1-2H3. The zero-order valence-corrected chi connectivity index (χ0v) is 7.74. The van der Waals surface area contributed by atoms with Gasteiger partial charge in [0.05, 0.1) is 17.9 Å². The molecule has 2 rings (SSSR count). The summed E-state index contributed by atoms with van der Waals surface area (Å²) in [7, 11) is 1.77. The summed E-state index contributed by atoms with van der Waals surface area (Å²) in [5.41, 5.74) is 6.32. The van der Waals surface area contributed by atoms with Crippen LogP contribution in [-0.4, -0.2) is 21.2 Å². The van der Waals surface area contributed by atoms with E-state index < -0.39 is 11.6 Å². The molecule has 1 saturated carbocycles. The summed E-state index contributed by atoms with van der Waals surface area (Å²) in [6.07, 6.45) is 1.36. The Balaban J connectivity index is 2.24. The Morgan fingerprint density at radius 2 is 2.46 bits per heavy atom. The molecule has 1 aromatic heterocycles. The van der Waals surface area contributed by atoms with Crippen LogP contribution < -0.4 is 5.73 Å². The minimum atomic E-state index is -0.780. The van der Waals surface area contributed by atoms with Gasteiger partial charge in [-0.2, -0.15) is 0 Å². The number of aromatic nitrogens is 3. The van der Waals surface area contributed by atoms with Gasteiger partial charge in [-0.3, -0.25) is 4.68 Å². The van der Waals surface area contributed by atoms with E-state index in [1.165, 1.54) is 0 Å². The first-order chi connectivity index (χ1) is 6.05. The third-order valence-corrected chi connectivity index (χ3v) is 2.95. The van der Waals surface area contributed by atoms with Gasteiger partial charge >= 0.3 is 0 Å². The predicted octanol–water partition coefficient (Wildman–Crippen LogP) is 0.563. The maximum atomic E-state index is 13.0. The van der Waals surface area contributed by atoms with Crippen LogP contribution in [0.2, 0.25) is 0 Å². The molecular weight excluding hydrogens is 171 g/mol. The van der Waals surface area contributed by atoms with Crippen LogP contribution in [-0.2, 0) is 7.05 Å². The molecule has 0 radical (unpaired) electrons. The maximum Gasteiger partial charge on any atom is 0.108 e. The van der Waals surface area contributed by atoms with Gasteiger partial charge in [-0.25, -0.2) is 4.39 Å². The highest BCUT2D eigenvalue weighted by molar-refractivity contribution is 5.16. The van der Waals surface area contributed by atoms with E-state index in [9.17, 15) is 4.39 Å². The second-order valence-corrected chi connectivity index (χ2v) is 3.94. The number of halogens is 1. The molecule has 1 fully saturated rings. The van der Waals surface area contributed by atoms with Crippen molar-refractivity contribution in [3.8, 4) is 0 Å². The highest BCUT2D eigenvalue weighted by Gasteiger charge is 2.56. The Morgan fingerprint density at radius 3 is 2.85 bits per heavy atom. The van der Waals surface area contributed by atoms with E-state index in [1.54, 1.807) is 17.9 Å². The molecular formula is C8H13FN4. The minimum absolute atomic E-state index is 0.303. The predicted molar refractivity (Wildman–Crippen MR) is 45.6 cm³/mol. The van der Waals surface area contributed by atoms with Crippen molar-refractivity contribution in [1.82, 2.24) is 15.0 Å². The highest BCUT2D eigenvalue weighted by Crippen LogP contribution is 2.55. The third kappa shape index (κ3) is 1.14. The summed E-state index contributed by atoms with van der Waals surface area (Å²) in [6.45, 7) is 1.86. The molecule has 3 unspecified atom stereocenters. The lowest BCUT2D eigenvalue weighted by Gasteiger charge is -2.17. The van der Waals surface area contributed by atoms with E-state index in [0.29, 0.717) is 6.42 Å². The van der Waals surface area contributed by atoms with E-state index in [2.05, 4.69) is 10.3 Å². The van der Waals surface area contributed by atoms with E-state index in [4.69, 9.17) is 5.73 Å². The Kier molecular flexibility index (Phi) is 1.66. The number of hydrogen-bond acceptors (Lipinski definition) is 3. The first-order valence-electron chi connectivity index (χ1n) is 4.30. The monoisotopic (exact) mass is 184 g/mol. The van der Waals surface area contributed by atoms with Crippen molar-refractivity contribution in [2.45, 2.75) is 25.6 Å². The summed E-state index contributed by atoms with van der Waals surface area (Å²) < 4.78 is 14.6. The number of aryl methyl sites for hydroxylation is 1. The molecule has 0 aliphatic heterocycles. The van der Waals surface area contributed by atoms with Gasteiger partial charge in [0, 0.05) is 12.5 Å². The van der Waals surface area contributed by atoms with Crippen molar-refractivity contribution in [2.24, 2.45) is 18.2 Å². The van der Waals surface area contributed by atoms with Crippen LogP contribution >= 0.6 is 0 Å². The smallest absolute Gasteiger partial charge is 0.108 e. The fourth-order valence-electron chi connectivity index (χ4n) is 1.57. The van der Waals surface area contributed by atoms with Gasteiger partial charge in [0.25, 0.3) is 0 Å². The van der Waals surface area contributed by atoms with E-state index in [1.807, 2.05) is 6.92 Å². The topological polar surface area (TPSA) is 56.7 Å². The molecule has 1 aliphatic rings. The molecule has 5 heteroatoms. The second-order valence-electron chi connectivity index (χ2n) is 3.94. The molecule has 2 N–H and O–H groups in total. The summed E-state index contributed by atoms with van der Waals surface area (Å²) in [5.74, 6) is 0. The van der Waals surface area contributed by atoms with Crippen molar-refractivity contribution in [2.75, 3.05) is 0 Å². The van der Waals surface area contributed by atoms with Crippen molar-refractivity contribution in [3.63, 3.8) is 0 Å². The summed E-state index contributed by atoms with van der Waals surface area (Å²) in [6, 6.07) is -0.303. The first kappa shape index (κ1) is 8.62. The zero-order valence-electron chi connectivity index (χ0n) is 7.74. The van der Waals surface area contributed by atoms with Gasteiger partial charge in [-0.05, 0) is 6.42 Å². The highest BCUT2D eigenvalue weighted by atomic mass is 19.1. The van der Waals surface area contributed by atoms with Crippen LogP contribution in [0.3, 0.4) is 0 Å². The minimum Gasteiger partial charge on any atom is -0.322 e. The summed E-state index contributed by atoms with van der Waals surface area (Å²) in [4.78, 5) is 0. The van der Waals surface area contributed by atoms with Gasteiger partial charge in [-0.1, -0.05) is 12.1 Å². The molecule has 0 spiro atoms. The van der Waals surface area contributed by atoms with E-state index in [-0.39, 0.29) is 6.04 Å². The zero-order chi connectivity index (χ0) is 9.64. The molecule has 13 heavy (non-hydrogen) atoms. The van der Waals surface area contributed by atoms with Crippen LogP contribution in [0.5, 0.6) is 0 Å². The van der Waals surface area contributed by atoms with Crippen LogP contribution in [0.4, 0.5) is 4.39 Å². The Morgan fingerprint density at radius 1 is 1.85 bits per heavy atom. The summed E-state index contributed by atoms with van der Waals surface area (Å²) >= 11 is 0. The Bertz CT molecular complexity index is 324. The maximum absolute atomic E-state index is 13.0. The molecule has 0 amide bonds. The van der Waals surface area contributed by atoms with Crippen molar-refractivity contribution in [1.29, 1.82) is 0 Å². The number of alkyl halides is 1. The third-order valence-electron chi connectivity index (χ3n) is 2.95. The molecule has 1 aliphatic carbocycles. The molecule has 0 aromatic carbocycles. The first-order valence-corrected chi connectivity index (χ1v) is 4.30. The summed E-state index contributed by atoms with van der Waals surface area (Å²) in [5, 5.41) is 7.49. The number of hydrogen-bond donors (Lipinski definition) is 1. The lowest BCUT2D eigenvalue weighted by atomic mass is 9.97. The number of rotatable bonds is 2. The fourth-order valence-corrected chi connectivity index (χ4v) is 1.57. The molecule has 1 aromatic rings. The van der Waals surface area contributed by atoms with Crippen molar-refractivity contribution < 1.29 is 4.39 Å². The lowest BCUT2D eigenvalue weighted by molar-refractivity contribution is 0.323. The average molecular weight is 184 g/mol. The molecule has 0 saturated heterocycles. The van der Waals surface area contributed by atoms with Crippen LogP contribution in [0.25, 0.3) is 0 Å². The van der Waals surface area contributed by atoms with E-state index in [0.717, 1.165) is 5.69 Å². The molecule has 1 heterocycles. The Hall–Kier alpha value is -0.970. The van der Waals surface area contributed by atoms with Gasteiger partial charge in [0.15, 0.2) is 0 Å². The van der Waals surface area contributed by atoms with Gasteiger partial charge in [0.2, 0.25) is 0 Å². The average Bonchev–Trinajstić information content (AvgIpc) is 2.52. The van der Waals surface area contributed by atoms with Crippen molar-refractivity contribution >= 4 is 0 Å². The fraction of sp³-hybridized carbons (Fsp3) is 0.750. The molecule has 0 bridgehead atoms. The van der Waals surface area contributed by atoms with Crippen LogP contribution in [0.15, 0.2) is 6.20 Å². The van der Waals surface area contributed by atoms with Gasteiger partial charge < -0.3 is 5.73 Å². The largest absolute Gasteiger partial charge is 0.322 e. The van der Waals surface area contributed by atoms with Crippen molar-refractivity contribution in [3.05, 3.63) is 11.9 Å². The van der Waals surface area contributed by atoms with E-state index >= 15 is 0 Å². The van der Waals surface area contributed by atoms with Gasteiger partial charge in [0.1, 0.15) is 6.17 Å². The lowest BCUT2D eigenvalue weighted by Crippen LogP contribution is -2.24. The number of nitrogens with two attached hydrogens (primary N) is 1. The van der Waals surface area contributed by atoms with Crippen LogP contribution in [0.1, 0.15) is 25.1 Å². The molecule has 4 nitrogen and oxygen atoms in total. The van der Waals surface area contributed by atoms with Crippen LogP contribution in [0, 0.1) is 5.41 Å². The quantitative estimate of drug-likeness (QED) is 0.730. The SMILES string of the molecule is Cn1nncc1C(N)C1(C)CC1F. The normalized spacial score (nSPS) is 34.6. The Labute approximate surface area is 75.9 Å².